The standard InChI is InChI=1S/C12H21N/c1-2-7-13-9-10-4-3-5-11(8-10)12(13)6-1/h10-12H,1-9H2. The van der Waals surface area contributed by atoms with Crippen molar-refractivity contribution in [2.75, 3.05) is 13.1 Å². The molecule has 2 saturated heterocycles. The van der Waals surface area contributed by atoms with Crippen LogP contribution in [0.4, 0.5) is 0 Å². The first-order valence-electron chi connectivity index (χ1n) is 6.17. The molecule has 2 heterocycles. The summed E-state index contributed by atoms with van der Waals surface area (Å²) in [4.78, 5) is 2.82. The van der Waals surface area contributed by atoms with Crippen LogP contribution in [0.1, 0.15) is 44.9 Å². The van der Waals surface area contributed by atoms with Gasteiger partial charge in [0, 0.05) is 12.6 Å². The molecule has 2 bridgehead atoms. The van der Waals surface area contributed by atoms with Crippen LogP contribution in [0.2, 0.25) is 0 Å². The third-order valence-corrected chi connectivity index (χ3v) is 4.52. The van der Waals surface area contributed by atoms with Crippen molar-refractivity contribution >= 4 is 0 Å². The zero-order valence-electron chi connectivity index (χ0n) is 8.54. The van der Waals surface area contributed by atoms with Crippen molar-refractivity contribution in [2.45, 2.75) is 51.0 Å². The van der Waals surface area contributed by atoms with Crippen LogP contribution >= 0.6 is 0 Å². The Labute approximate surface area is 81.5 Å². The Hall–Kier alpha value is -0.0400. The van der Waals surface area contributed by atoms with Gasteiger partial charge in [-0.05, 0) is 50.5 Å². The van der Waals surface area contributed by atoms with E-state index in [2.05, 4.69) is 4.90 Å². The molecule has 0 spiro atoms. The van der Waals surface area contributed by atoms with E-state index in [9.17, 15) is 0 Å². The van der Waals surface area contributed by atoms with E-state index in [1.165, 1.54) is 51.6 Å². The molecule has 0 aromatic carbocycles. The summed E-state index contributed by atoms with van der Waals surface area (Å²) < 4.78 is 0. The number of hydrogen-bond acceptors (Lipinski definition) is 1. The Kier molecular flexibility index (Phi) is 2.08. The van der Waals surface area contributed by atoms with Gasteiger partial charge in [-0.15, -0.1) is 0 Å². The highest BCUT2D eigenvalue weighted by Gasteiger charge is 2.38. The maximum atomic E-state index is 2.82. The van der Waals surface area contributed by atoms with Crippen molar-refractivity contribution in [2.24, 2.45) is 11.8 Å². The summed E-state index contributed by atoms with van der Waals surface area (Å²) in [5.74, 6) is 2.17. The largest absolute Gasteiger partial charge is 0.300 e. The van der Waals surface area contributed by atoms with Crippen molar-refractivity contribution < 1.29 is 0 Å². The normalized spacial score (nSPS) is 45.7. The zero-order valence-corrected chi connectivity index (χ0v) is 8.54. The van der Waals surface area contributed by atoms with Crippen molar-refractivity contribution in [1.82, 2.24) is 4.90 Å². The molecule has 0 aromatic heterocycles. The summed E-state index contributed by atoms with van der Waals surface area (Å²) in [7, 11) is 0. The van der Waals surface area contributed by atoms with Crippen molar-refractivity contribution in [3.8, 4) is 0 Å². The summed E-state index contributed by atoms with van der Waals surface area (Å²) in [5.41, 5.74) is 0. The Morgan fingerprint density at radius 1 is 0.923 bits per heavy atom. The molecule has 3 atom stereocenters. The molecule has 3 unspecified atom stereocenters. The van der Waals surface area contributed by atoms with Gasteiger partial charge in [0.1, 0.15) is 0 Å². The second-order valence-electron chi connectivity index (χ2n) is 5.35. The van der Waals surface area contributed by atoms with Crippen LogP contribution in [0.3, 0.4) is 0 Å². The fraction of sp³-hybridized carbons (Fsp3) is 1.00. The minimum Gasteiger partial charge on any atom is -0.300 e. The summed E-state index contributed by atoms with van der Waals surface area (Å²) in [6.45, 7) is 2.86. The summed E-state index contributed by atoms with van der Waals surface area (Å²) in [6.07, 6.45) is 10.6. The molecule has 74 valence electrons. The van der Waals surface area contributed by atoms with Crippen LogP contribution in [0.25, 0.3) is 0 Å². The summed E-state index contributed by atoms with van der Waals surface area (Å²) in [6, 6.07) is 1.00. The van der Waals surface area contributed by atoms with Gasteiger partial charge in [-0.1, -0.05) is 12.8 Å². The van der Waals surface area contributed by atoms with Gasteiger partial charge < -0.3 is 0 Å². The fourth-order valence-corrected chi connectivity index (χ4v) is 3.96. The molecule has 1 saturated carbocycles. The highest BCUT2D eigenvalue weighted by Crippen LogP contribution is 2.41. The van der Waals surface area contributed by atoms with E-state index in [4.69, 9.17) is 0 Å². The molecule has 1 nitrogen and oxygen atoms in total. The van der Waals surface area contributed by atoms with Crippen LogP contribution in [0.5, 0.6) is 0 Å². The third kappa shape index (κ3) is 1.41. The lowest BCUT2D eigenvalue weighted by Crippen LogP contribution is -2.52. The number of rotatable bonds is 0. The quantitative estimate of drug-likeness (QED) is 0.552. The molecule has 0 aromatic rings. The van der Waals surface area contributed by atoms with Crippen LogP contribution < -0.4 is 0 Å². The van der Waals surface area contributed by atoms with Gasteiger partial charge >= 0.3 is 0 Å². The first kappa shape index (κ1) is 8.28. The SMILES string of the molecule is C1CC2CC(C1)C1CCCCN1C2. The first-order valence-corrected chi connectivity index (χ1v) is 6.17. The predicted molar refractivity (Wildman–Crippen MR) is 54.7 cm³/mol. The Morgan fingerprint density at radius 3 is 2.92 bits per heavy atom. The average molecular weight is 179 g/mol. The Bertz CT molecular complexity index is 186. The molecular weight excluding hydrogens is 158 g/mol. The monoisotopic (exact) mass is 179 g/mol. The van der Waals surface area contributed by atoms with Crippen molar-refractivity contribution in [3.63, 3.8) is 0 Å². The van der Waals surface area contributed by atoms with Crippen molar-refractivity contribution in [1.29, 1.82) is 0 Å². The summed E-state index contributed by atoms with van der Waals surface area (Å²) in [5, 5.41) is 0. The maximum absolute atomic E-state index is 2.82. The number of fused-ring (bicyclic) bond motifs is 4. The lowest BCUT2D eigenvalue weighted by Gasteiger charge is -2.50. The van der Waals surface area contributed by atoms with E-state index in [0.717, 1.165) is 17.9 Å². The van der Waals surface area contributed by atoms with Crippen LogP contribution in [0.15, 0.2) is 0 Å². The molecule has 3 aliphatic rings. The van der Waals surface area contributed by atoms with Crippen molar-refractivity contribution in [3.05, 3.63) is 0 Å². The second-order valence-corrected chi connectivity index (χ2v) is 5.35. The number of hydrogen-bond donors (Lipinski definition) is 0. The van der Waals surface area contributed by atoms with E-state index in [1.807, 2.05) is 0 Å². The molecule has 0 N–H and O–H groups in total. The summed E-state index contributed by atoms with van der Waals surface area (Å²) >= 11 is 0. The predicted octanol–water partition coefficient (Wildman–Crippen LogP) is 2.66. The van der Waals surface area contributed by atoms with Gasteiger partial charge in [-0.2, -0.15) is 0 Å². The van der Waals surface area contributed by atoms with Crippen LogP contribution in [-0.4, -0.2) is 24.0 Å². The lowest BCUT2D eigenvalue weighted by molar-refractivity contribution is 0.00238. The molecular formula is C12H21N. The van der Waals surface area contributed by atoms with Gasteiger partial charge in [-0.3, -0.25) is 4.90 Å². The minimum atomic E-state index is 1.00. The molecule has 3 rings (SSSR count). The van der Waals surface area contributed by atoms with E-state index in [1.54, 1.807) is 6.42 Å². The van der Waals surface area contributed by atoms with E-state index >= 15 is 0 Å². The van der Waals surface area contributed by atoms with Crippen LogP contribution in [0, 0.1) is 11.8 Å². The molecule has 13 heavy (non-hydrogen) atoms. The Balaban J connectivity index is 1.77. The molecule has 0 radical (unpaired) electrons. The van der Waals surface area contributed by atoms with Gasteiger partial charge in [0.15, 0.2) is 0 Å². The smallest absolute Gasteiger partial charge is 0.0124 e. The molecule has 0 amide bonds. The van der Waals surface area contributed by atoms with Gasteiger partial charge in [0.25, 0.3) is 0 Å². The van der Waals surface area contributed by atoms with Gasteiger partial charge in [0.05, 0.1) is 0 Å². The molecule has 2 aliphatic heterocycles. The number of piperidine rings is 2. The third-order valence-electron chi connectivity index (χ3n) is 4.52. The molecule has 3 fully saturated rings. The van der Waals surface area contributed by atoms with Crippen LogP contribution in [-0.2, 0) is 0 Å². The Morgan fingerprint density at radius 2 is 1.92 bits per heavy atom. The number of nitrogens with zero attached hydrogens (tertiary/aromatic N) is 1. The topological polar surface area (TPSA) is 3.24 Å². The molecule has 1 heteroatoms. The van der Waals surface area contributed by atoms with E-state index in [-0.39, 0.29) is 0 Å². The first-order chi connectivity index (χ1) is 6.43. The second kappa shape index (κ2) is 3.27. The molecule has 1 aliphatic carbocycles. The lowest BCUT2D eigenvalue weighted by atomic mass is 9.71. The maximum Gasteiger partial charge on any atom is 0.0124 e. The van der Waals surface area contributed by atoms with Gasteiger partial charge in [-0.25, -0.2) is 0 Å². The van der Waals surface area contributed by atoms with E-state index in [0.29, 0.717) is 0 Å². The average Bonchev–Trinajstić information content (AvgIpc) is 2.18. The van der Waals surface area contributed by atoms with E-state index < -0.39 is 0 Å². The van der Waals surface area contributed by atoms with Gasteiger partial charge in [0.2, 0.25) is 0 Å². The highest BCUT2D eigenvalue weighted by molar-refractivity contribution is 4.92. The highest BCUT2D eigenvalue weighted by atomic mass is 15.2. The minimum absolute atomic E-state index is 1.00. The zero-order chi connectivity index (χ0) is 8.67. The fourth-order valence-electron chi connectivity index (χ4n) is 3.96.